The van der Waals surface area contributed by atoms with Crippen LogP contribution in [0.1, 0.15) is 60.9 Å². The highest BCUT2D eigenvalue weighted by molar-refractivity contribution is 5.76. The summed E-state index contributed by atoms with van der Waals surface area (Å²) in [7, 11) is 0. The fourth-order valence-corrected chi connectivity index (χ4v) is 7.19. The van der Waals surface area contributed by atoms with E-state index < -0.39 is 6.10 Å². The first-order chi connectivity index (χ1) is 18.4. The highest BCUT2D eigenvalue weighted by Crippen LogP contribution is 2.42. The van der Waals surface area contributed by atoms with E-state index in [0.29, 0.717) is 50.7 Å². The minimum Gasteiger partial charge on any atom is -0.390 e. The Balaban J connectivity index is 0.988. The van der Waals surface area contributed by atoms with E-state index in [1.165, 1.54) is 11.1 Å². The molecule has 1 aromatic carbocycles. The summed E-state index contributed by atoms with van der Waals surface area (Å²) in [5.41, 5.74) is 4.87. The van der Waals surface area contributed by atoms with Gasteiger partial charge in [-0.15, -0.1) is 0 Å². The van der Waals surface area contributed by atoms with E-state index in [2.05, 4.69) is 46.2 Å². The van der Waals surface area contributed by atoms with Crippen LogP contribution in [0.5, 0.6) is 0 Å². The van der Waals surface area contributed by atoms with Crippen molar-refractivity contribution in [1.29, 1.82) is 0 Å². The summed E-state index contributed by atoms with van der Waals surface area (Å²) >= 11 is 0. The molecule has 1 N–H and O–H groups in total. The van der Waals surface area contributed by atoms with E-state index >= 15 is 0 Å². The zero-order valence-corrected chi connectivity index (χ0v) is 22.3. The molecule has 3 saturated heterocycles. The average molecular weight is 518 g/mol. The molecule has 0 saturated carbocycles. The lowest BCUT2D eigenvalue weighted by Gasteiger charge is -2.38. The van der Waals surface area contributed by atoms with Gasteiger partial charge in [-0.25, -0.2) is 4.79 Å². The molecular formula is C30H39N5O3. The lowest BCUT2D eigenvalue weighted by atomic mass is 9.87. The molecule has 3 fully saturated rings. The minimum atomic E-state index is -0.560. The van der Waals surface area contributed by atoms with Gasteiger partial charge in [-0.1, -0.05) is 30.3 Å². The van der Waals surface area contributed by atoms with Crippen LogP contribution in [0.4, 0.5) is 4.79 Å². The predicted octanol–water partition coefficient (Wildman–Crippen LogP) is 3.00. The van der Waals surface area contributed by atoms with E-state index in [1.54, 1.807) is 11.8 Å². The quantitative estimate of drug-likeness (QED) is 0.611. The summed E-state index contributed by atoms with van der Waals surface area (Å²) in [5, 5.41) is 10.8. The molecule has 2 bridgehead atoms. The number of nitrogens with zero attached hydrogens (tertiary/aromatic N) is 5. The van der Waals surface area contributed by atoms with Gasteiger partial charge >= 0.3 is 6.03 Å². The van der Waals surface area contributed by atoms with E-state index in [-0.39, 0.29) is 11.9 Å². The van der Waals surface area contributed by atoms with Gasteiger partial charge in [0.2, 0.25) is 5.91 Å². The van der Waals surface area contributed by atoms with Crippen LogP contribution in [-0.4, -0.2) is 92.5 Å². The molecule has 202 valence electrons. The molecule has 4 aliphatic rings. The number of pyridine rings is 1. The van der Waals surface area contributed by atoms with Gasteiger partial charge in [0.05, 0.1) is 6.10 Å². The molecule has 3 unspecified atom stereocenters. The first kappa shape index (κ1) is 25.3. The van der Waals surface area contributed by atoms with Crippen molar-refractivity contribution in [3.05, 3.63) is 65.0 Å². The monoisotopic (exact) mass is 517 g/mol. The number of aliphatic hydroxyl groups is 1. The van der Waals surface area contributed by atoms with Crippen molar-refractivity contribution in [3.63, 3.8) is 0 Å². The maximum atomic E-state index is 13.1. The third-order valence-corrected chi connectivity index (χ3v) is 9.03. The minimum absolute atomic E-state index is 0.00898. The number of benzene rings is 1. The topological polar surface area (TPSA) is 80.2 Å². The summed E-state index contributed by atoms with van der Waals surface area (Å²) in [6.07, 6.45) is 6.55. The van der Waals surface area contributed by atoms with E-state index in [4.69, 9.17) is 4.98 Å². The molecule has 2 aromatic rings. The van der Waals surface area contributed by atoms with Crippen molar-refractivity contribution in [1.82, 2.24) is 24.6 Å². The molecule has 0 spiro atoms. The number of carbonyl (C=O) groups excluding carboxylic acids is 2. The van der Waals surface area contributed by atoms with Gasteiger partial charge in [-0.2, -0.15) is 0 Å². The Labute approximate surface area is 225 Å². The number of hydrogen-bond donors (Lipinski definition) is 1. The number of piperidine rings is 1. The number of β-amino-alcohol motifs (C(OH)–C–C–N with tert-alkyl or cyclic N) is 1. The Morgan fingerprint density at radius 3 is 2.45 bits per heavy atom. The van der Waals surface area contributed by atoms with Crippen LogP contribution in [-0.2, 0) is 24.3 Å². The summed E-state index contributed by atoms with van der Waals surface area (Å²) in [4.78, 5) is 37.9. The predicted molar refractivity (Wildman–Crippen MR) is 144 cm³/mol. The molecule has 1 aromatic heterocycles. The maximum absolute atomic E-state index is 13.1. The molecule has 5 heterocycles. The number of aromatic nitrogens is 1. The Morgan fingerprint density at radius 2 is 1.74 bits per heavy atom. The Kier molecular flexibility index (Phi) is 7.10. The van der Waals surface area contributed by atoms with Crippen LogP contribution < -0.4 is 0 Å². The second-order valence-corrected chi connectivity index (χ2v) is 11.6. The summed E-state index contributed by atoms with van der Waals surface area (Å²) in [6, 6.07) is 13.4. The van der Waals surface area contributed by atoms with Gasteiger partial charge in [0.1, 0.15) is 0 Å². The molecule has 38 heavy (non-hydrogen) atoms. The largest absolute Gasteiger partial charge is 0.390 e. The summed E-state index contributed by atoms with van der Waals surface area (Å²) in [5.74, 6) is 0.601. The van der Waals surface area contributed by atoms with Gasteiger partial charge < -0.3 is 19.8 Å². The first-order valence-corrected chi connectivity index (χ1v) is 14.2. The number of rotatable bonds is 7. The zero-order chi connectivity index (χ0) is 26.2. The number of hydrogen-bond acceptors (Lipinski definition) is 5. The van der Waals surface area contributed by atoms with Crippen LogP contribution in [0, 0.1) is 0 Å². The van der Waals surface area contributed by atoms with E-state index in [1.807, 2.05) is 11.1 Å². The number of aliphatic hydroxyl groups excluding tert-OH is 1. The number of urea groups is 1. The van der Waals surface area contributed by atoms with Gasteiger partial charge in [0, 0.05) is 82.6 Å². The van der Waals surface area contributed by atoms with E-state index in [0.717, 1.165) is 56.5 Å². The second-order valence-electron chi connectivity index (χ2n) is 11.6. The third-order valence-electron chi connectivity index (χ3n) is 9.03. The van der Waals surface area contributed by atoms with Crippen molar-refractivity contribution < 1.29 is 14.7 Å². The van der Waals surface area contributed by atoms with Crippen LogP contribution in [0.15, 0.2) is 42.6 Å². The SMILES string of the molecule is CC(=O)N1C2CCC1CC(c1ccc(CN3CCN(CC(O)CN4CCc5ccccc5C4)C3=O)cn1)C2. The van der Waals surface area contributed by atoms with Crippen molar-refractivity contribution in [2.24, 2.45) is 0 Å². The molecule has 8 heteroatoms. The normalized spacial score (nSPS) is 26.1. The second kappa shape index (κ2) is 10.7. The van der Waals surface area contributed by atoms with Crippen LogP contribution in [0.2, 0.25) is 0 Å². The van der Waals surface area contributed by atoms with Gasteiger partial charge in [-0.3, -0.25) is 14.7 Å². The highest BCUT2D eigenvalue weighted by atomic mass is 16.3. The number of fused-ring (bicyclic) bond motifs is 3. The fourth-order valence-electron chi connectivity index (χ4n) is 7.19. The molecule has 0 radical (unpaired) electrons. The van der Waals surface area contributed by atoms with Crippen molar-refractivity contribution in [2.45, 2.75) is 76.2 Å². The molecule has 8 nitrogen and oxygen atoms in total. The van der Waals surface area contributed by atoms with Gasteiger partial charge in [-0.05, 0) is 54.9 Å². The van der Waals surface area contributed by atoms with Crippen LogP contribution in [0.3, 0.4) is 0 Å². The van der Waals surface area contributed by atoms with E-state index in [9.17, 15) is 14.7 Å². The Bertz CT molecular complexity index is 1160. The molecular weight excluding hydrogens is 478 g/mol. The van der Waals surface area contributed by atoms with Crippen molar-refractivity contribution in [3.8, 4) is 0 Å². The summed E-state index contributed by atoms with van der Waals surface area (Å²) < 4.78 is 0. The third kappa shape index (κ3) is 5.16. The Hall–Kier alpha value is -2.97. The molecule has 4 aliphatic heterocycles. The molecule has 6 rings (SSSR count). The standard InChI is InChI=1S/C30H39N5O3/c1-21(36)35-26-7-8-27(35)15-25(14-26)29-9-6-22(16-31-29)17-33-12-13-34(30(33)38)20-28(37)19-32-11-10-23-4-2-3-5-24(23)18-32/h2-6,9,16,25-28,37H,7-8,10-15,17-20H2,1H3. The van der Waals surface area contributed by atoms with Gasteiger partial charge in [0.25, 0.3) is 0 Å². The molecule has 3 amide bonds. The highest BCUT2D eigenvalue weighted by Gasteiger charge is 2.42. The van der Waals surface area contributed by atoms with Crippen molar-refractivity contribution in [2.75, 3.05) is 32.7 Å². The zero-order valence-electron chi connectivity index (χ0n) is 22.3. The molecule has 3 atom stereocenters. The number of amides is 3. The first-order valence-electron chi connectivity index (χ1n) is 14.2. The van der Waals surface area contributed by atoms with Crippen LogP contribution in [0.25, 0.3) is 0 Å². The van der Waals surface area contributed by atoms with Gasteiger partial charge in [0.15, 0.2) is 0 Å². The number of carbonyl (C=O) groups is 2. The lowest BCUT2D eigenvalue weighted by molar-refractivity contribution is -0.133. The van der Waals surface area contributed by atoms with Crippen LogP contribution >= 0.6 is 0 Å². The average Bonchev–Trinajstić information content (AvgIpc) is 3.39. The Morgan fingerprint density at radius 1 is 1.00 bits per heavy atom. The smallest absolute Gasteiger partial charge is 0.320 e. The molecule has 0 aliphatic carbocycles. The maximum Gasteiger partial charge on any atom is 0.320 e. The van der Waals surface area contributed by atoms with Crippen molar-refractivity contribution >= 4 is 11.9 Å². The lowest BCUT2D eigenvalue weighted by Crippen LogP contribution is -2.45. The summed E-state index contributed by atoms with van der Waals surface area (Å²) in [6.45, 7) is 6.27. The fraction of sp³-hybridized carbons (Fsp3) is 0.567.